The number of aliphatic carboxylic acids is 1. The molecule has 3 rings (SSSR count). The van der Waals surface area contributed by atoms with Crippen molar-refractivity contribution >= 4 is 17.7 Å². The van der Waals surface area contributed by atoms with Crippen LogP contribution >= 0.6 is 0 Å². The molecule has 1 aliphatic rings. The molecule has 2 aromatic rings. The molecule has 0 saturated carbocycles. The Morgan fingerprint density at radius 3 is 2.69 bits per heavy atom. The van der Waals surface area contributed by atoms with Crippen LogP contribution < -0.4 is 5.32 Å². The molecule has 174 valence electrons. The second-order valence-electron chi connectivity index (χ2n) is 6.24. The van der Waals surface area contributed by atoms with E-state index in [9.17, 15) is 18.0 Å². The zero-order valence-corrected chi connectivity index (χ0v) is 16.9. The number of methoxy groups -OCH3 is 1. The highest BCUT2D eigenvalue weighted by molar-refractivity contribution is 5.94. The lowest BCUT2D eigenvalue weighted by Crippen LogP contribution is -2.44. The Hall–Kier alpha value is -3.39. The van der Waals surface area contributed by atoms with E-state index in [0.717, 1.165) is 0 Å². The smallest absolute Gasteiger partial charge is 0.475 e. The lowest BCUT2D eigenvalue weighted by atomic mass is 10.1. The molecule has 0 aliphatic carbocycles. The van der Waals surface area contributed by atoms with Crippen LogP contribution in [-0.4, -0.2) is 88.2 Å². The summed E-state index contributed by atoms with van der Waals surface area (Å²) in [6.45, 7) is 2.51. The first-order valence-corrected chi connectivity index (χ1v) is 9.25. The van der Waals surface area contributed by atoms with Gasteiger partial charge in [-0.05, 0) is 12.1 Å². The second kappa shape index (κ2) is 11.9. The van der Waals surface area contributed by atoms with E-state index in [1.54, 1.807) is 30.3 Å². The van der Waals surface area contributed by atoms with Crippen molar-refractivity contribution in [2.75, 3.05) is 45.3 Å². The zero-order valence-electron chi connectivity index (χ0n) is 16.9. The first-order chi connectivity index (χ1) is 15.2. The van der Waals surface area contributed by atoms with Gasteiger partial charge in [0.1, 0.15) is 11.9 Å². The molecule has 0 spiro atoms. The van der Waals surface area contributed by atoms with Crippen LogP contribution in [0.1, 0.15) is 22.2 Å². The van der Waals surface area contributed by atoms with E-state index in [4.69, 9.17) is 19.4 Å². The van der Waals surface area contributed by atoms with Crippen LogP contribution in [0, 0.1) is 0 Å². The fraction of sp³-hybridized carbons (Fsp3) is 0.444. The van der Waals surface area contributed by atoms with Crippen LogP contribution in [0.15, 0.2) is 30.7 Å². The number of amides is 1. The number of halogens is 3. The first kappa shape index (κ1) is 24.9. The Labute approximate surface area is 180 Å². The van der Waals surface area contributed by atoms with E-state index in [-0.39, 0.29) is 11.9 Å². The summed E-state index contributed by atoms with van der Waals surface area (Å²) in [5.74, 6) is -1.67. The van der Waals surface area contributed by atoms with Crippen LogP contribution in [0.25, 0.3) is 0 Å². The molecular weight excluding hydrogens is 437 g/mol. The number of rotatable bonds is 6. The van der Waals surface area contributed by atoms with E-state index in [1.165, 1.54) is 12.4 Å². The van der Waals surface area contributed by atoms with Crippen molar-refractivity contribution in [3.05, 3.63) is 42.1 Å². The molecule has 32 heavy (non-hydrogen) atoms. The number of hydrogen-bond acceptors (Lipinski definition) is 9. The van der Waals surface area contributed by atoms with E-state index >= 15 is 0 Å². The van der Waals surface area contributed by atoms with Gasteiger partial charge in [0.05, 0.1) is 37.8 Å². The standard InChI is InChI=1S/C16H20N6O3.C2HF3O2/c1-24-8-6-17-14-3-4-18-15(21-14)13-11-25-9-7-22(13)16(23)12-2-5-19-20-10-12;3-2(4,5)1(6)7/h2-5,10,13H,6-9,11H2,1H3,(H,17,18,21);(H,6,7). The highest BCUT2D eigenvalue weighted by atomic mass is 19.4. The van der Waals surface area contributed by atoms with Gasteiger partial charge in [-0.3, -0.25) is 4.79 Å². The zero-order chi connectivity index (χ0) is 23.6. The van der Waals surface area contributed by atoms with E-state index in [1.807, 2.05) is 0 Å². The molecule has 1 atom stereocenters. The first-order valence-electron chi connectivity index (χ1n) is 9.25. The lowest BCUT2D eigenvalue weighted by Gasteiger charge is -2.34. The van der Waals surface area contributed by atoms with Gasteiger partial charge in [-0.15, -0.1) is 0 Å². The van der Waals surface area contributed by atoms with Gasteiger partial charge >= 0.3 is 12.1 Å². The van der Waals surface area contributed by atoms with Crippen molar-refractivity contribution in [2.24, 2.45) is 0 Å². The summed E-state index contributed by atoms with van der Waals surface area (Å²) in [5, 5.41) is 17.8. The predicted molar refractivity (Wildman–Crippen MR) is 103 cm³/mol. The van der Waals surface area contributed by atoms with Gasteiger partial charge in [0, 0.05) is 26.4 Å². The summed E-state index contributed by atoms with van der Waals surface area (Å²) in [6, 6.07) is 3.08. The highest BCUT2D eigenvalue weighted by Gasteiger charge is 2.38. The van der Waals surface area contributed by atoms with Crippen molar-refractivity contribution in [1.29, 1.82) is 0 Å². The molecule has 1 fully saturated rings. The van der Waals surface area contributed by atoms with Crippen molar-refractivity contribution in [1.82, 2.24) is 25.1 Å². The Morgan fingerprint density at radius 1 is 1.31 bits per heavy atom. The molecule has 2 N–H and O–H groups in total. The molecule has 0 bridgehead atoms. The molecule has 0 aromatic carbocycles. The largest absolute Gasteiger partial charge is 0.490 e. The average Bonchev–Trinajstić information content (AvgIpc) is 2.79. The van der Waals surface area contributed by atoms with Gasteiger partial charge < -0.3 is 24.8 Å². The number of carbonyl (C=O) groups excluding carboxylic acids is 1. The molecular formula is C18H21F3N6O5. The molecule has 2 aromatic heterocycles. The van der Waals surface area contributed by atoms with Crippen LogP contribution in [0.4, 0.5) is 19.0 Å². The van der Waals surface area contributed by atoms with Crippen molar-refractivity contribution in [3.63, 3.8) is 0 Å². The normalized spacial score (nSPS) is 16.0. The number of hydrogen-bond donors (Lipinski definition) is 2. The van der Waals surface area contributed by atoms with E-state index < -0.39 is 12.1 Å². The van der Waals surface area contributed by atoms with Crippen LogP contribution in [0.5, 0.6) is 0 Å². The number of carboxylic acid groups (broad SMARTS) is 1. The quantitative estimate of drug-likeness (QED) is 0.606. The number of nitrogens with one attached hydrogen (secondary N) is 1. The summed E-state index contributed by atoms with van der Waals surface area (Å²) in [6.07, 6.45) is -0.458. The van der Waals surface area contributed by atoms with Gasteiger partial charge in [0.25, 0.3) is 5.91 Å². The van der Waals surface area contributed by atoms with Crippen LogP contribution in [0.2, 0.25) is 0 Å². The van der Waals surface area contributed by atoms with Crippen LogP contribution in [-0.2, 0) is 14.3 Å². The third-order valence-electron chi connectivity index (χ3n) is 4.05. The highest BCUT2D eigenvalue weighted by Crippen LogP contribution is 2.24. The molecule has 3 heterocycles. The molecule has 1 saturated heterocycles. The predicted octanol–water partition coefficient (Wildman–Crippen LogP) is 1.17. The Kier molecular flexibility index (Phi) is 9.22. The third-order valence-corrected chi connectivity index (χ3v) is 4.05. The average molecular weight is 458 g/mol. The third kappa shape index (κ3) is 7.39. The van der Waals surface area contributed by atoms with Gasteiger partial charge in [0.15, 0.2) is 5.82 Å². The molecule has 11 nitrogen and oxygen atoms in total. The monoisotopic (exact) mass is 458 g/mol. The van der Waals surface area contributed by atoms with Crippen molar-refractivity contribution in [2.45, 2.75) is 12.2 Å². The van der Waals surface area contributed by atoms with E-state index in [2.05, 4.69) is 25.5 Å². The number of anilines is 1. The van der Waals surface area contributed by atoms with Gasteiger partial charge in [0.2, 0.25) is 0 Å². The lowest BCUT2D eigenvalue weighted by molar-refractivity contribution is -0.192. The number of ether oxygens (including phenoxy) is 2. The summed E-state index contributed by atoms with van der Waals surface area (Å²) >= 11 is 0. The maximum Gasteiger partial charge on any atom is 0.490 e. The molecule has 1 unspecified atom stereocenters. The summed E-state index contributed by atoms with van der Waals surface area (Å²) < 4.78 is 42.3. The fourth-order valence-electron chi connectivity index (χ4n) is 2.56. The maximum absolute atomic E-state index is 12.8. The maximum atomic E-state index is 12.8. The summed E-state index contributed by atoms with van der Waals surface area (Å²) in [7, 11) is 1.64. The number of nitrogens with zero attached hydrogens (tertiary/aromatic N) is 5. The van der Waals surface area contributed by atoms with Crippen molar-refractivity contribution in [3.8, 4) is 0 Å². The summed E-state index contributed by atoms with van der Waals surface area (Å²) in [5.41, 5.74) is 0.483. The fourth-order valence-corrected chi connectivity index (χ4v) is 2.56. The number of carboxylic acids is 1. The minimum atomic E-state index is -5.08. The van der Waals surface area contributed by atoms with Crippen LogP contribution in [0.3, 0.4) is 0 Å². The van der Waals surface area contributed by atoms with Crippen molar-refractivity contribution < 1.29 is 37.3 Å². The number of aromatic nitrogens is 4. The SMILES string of the molecule is COCCNc1ccnc(C2COCCN2C(=O)c2ccnnc2)n1.O=C(O)C(F)(F)F. The Balaban J connectivity index is 0.000000451. The summed E-state index contributed by atoms with van der Waals surface area (Å²) in [4.78, 5) is 32.3. The minimum absolute atomic E-state index is 0.135. The second-order valence-corrected chi connectivity index (χ2v) is 6.24. The number of carbonyl (C=O) groups is 2. The number of alkyl halides is 3. The Morgan fingerprint density at radius 2 is 2.06 bits per heavy atom. The molecule has 0 radical (unpaired) electrons. The van der Waals surface area contributed by atoms with Gasteiger partial charge in [-0.2, -0.15) is 23.4 Å². The van der Waals surface area contributed by atoms with E-state index in [0.29, 0.717) is 50.1 Å². The Bertz CT molecular complexity index is 887. The van der Waals surface area contributed by atoms with Gasteiger partial charge in [-0.1, -0.05) is 0 Å². The minimum Gasteiger partial charge on any atom is -0.475 e. The molecule has 14 heteroatoms. The molecule has 1 amide bonds. The number of morpholine rings is 1. The van der Waals surface area contributed by atoms with Gasteiger partial charge in [-0.25, -0.2) is 14.8 Å². The molecule has 1 aliphatic heterocycles. The topological polar surface area (TPSA) is 140 Å².